The average molecular weight is 248 g/mol. The Morgan fingerprint density at radius 3 is 2.67 bits per heavy atom. The Morgan fingerprint density at radius 1 is 1.33 bits per heavy atom. The fraction of sp³-hybridized carbons (Fsp3) is 0.357. The molecule has 2 N–H and O–H groups in total. The molecule has 0 saturated carbocycles. The molecule has 2 aromatic rings. The molecule has 1 heterocycles. The zero-order valence-corrected chi connectivity index (χ0v) is 10.8. The largest absolute Gasteiger partial charge is 0.491 e. The summed E-state index contributed by atoms with van der Waals surface area (Å²) in [6.07, 6.45) is 0. The molecule has 0 unspecified atom stereocenters. The molecule has 0 aliphatic heterocycles. The smallest absolute Gasteiger partial charge is 0.167 e. The van der Waals surface area contributed by atoms with Crippen LogP contribution in [0, 0.1) is 5.82 Å². The number of pyridine rings is 1. The van der Waals surface area contributed by atoms with Crippen molar-refractivity contribution in [1.29, 1.82) is 0 Å². The number of hydrogen-bond donors (Lipinski definition) is 1. The summed E-state index contributed by atoms with van der Waals surface area (Å²) in [5.74, 6) is 0.0688. The molecule has 0 aliphatic rings. The summed E-state index contributed by atoms with van der Waals surface area (Å²) in [5, 5.41) is 0.726. The van der Waals surface area contributed by atoms with Crippen molar-refractivity contribution >= 4 is 16.6 Å². The van der Waals surface area contributed by atoms with Gasteiger partial charge in [0.05, 0.1) is 12.1 Å². The predicted molar refractivity (Wildman–Crippen MR) is 71.4 cm³/mol. The maximum absolute atomic E-state index is 13.8. The summed E-state index contributed by atoms with van der Waals surface area (Å²) in [5.41, 5.74) is 8.03. The molecule has 2 rings (SSSR count). The summed E-state index contributed by atoms with van der Waals surface area (Å²) in [4.78, 5) is 4.42. The molecule has 0 fully saturated rings. The van der Waals surface area contributed by atoms with Crippen molar-refractivity contribution < 1.29 is 9.13 Å². The van der Waals surface area contributed by atoms with Crippen molar-refractivity contribution in [1.82, 2.24) is 4.98 Å². The summed E-state index contributed by atoms with van der Waals surface area (Å²) in [6.45, 7) is 6.28. The lowest BCUT2D eigenvalue weighted by molar-refractivity contribution is 0.322. The highest BCUT2D eigenvalue weighted by molar-refractivity contribution is 5.91. The lowest BCUT2D eigenvalue weighted by atomic mass is 10.1. The topological polar surface area (TPSA) is 48.1 Å². The molecule has 0 saturated heterocycles. The summed E-state index contributed by atoms with van der Waals surface area (Å²) < 4.78 is 19.0. The first kappa shape index (κ1) is 12.6. The van der Waals surface area contributed by atoms with Gasteiger partial charge in [0.1, 0.15) is 0 Å². The Morgan fingerprint density at radius 2 is 2.06 bits per heavy atom. The highest BCUT2D eigenvalue weighted by Crippen LogP contribution is 2.29. The Bertz CT molecular complexity index is 582. The van der Waals surface area contributed by atoms with E-state index in [9.17, 15) is 4.39 Å². The molecule has 18 heavy (non-hydrogen) atoms. The SMILES string of the molecule is CCOc1cc2c(N)cc(C(C)C)nc2cc1F. The Kier molecular flexibility index (Phi) is 3.36. The van der Waals surface area contributed by atoms with Gasteiger partial charge in [0.25, 0.3) is 0 Å². The van der Waals surface area contributed by atoms with E-state index in [1.54, 1.807) is 6.07 Å². The van der Waals surface area contributed by atoms with E-state index < -0.39 is 5.82 Å². The first-order valence-corrected chi connectivity index (χ1v) is 6.05. The van der Waals surface area contributed by atoms with Crippen LogP contribution in [-0.4, -0.2) is 11.6 Å². The predicted octanol–water partition coefficient (Wildman–Crippen LogP) is 3.48. The Hall–Kier alpha value is -1.84. The quantitative estimate of drug-likeness (QED) is 0.904. The minimum absolute atomic E-state index is 0.218. The second-order valence-electron chi connectivity index (χ2n) is 4.52. The lowest BCUT2D eigenvalue weighted by Crippen LogP contribution is -2.00. The van der Waals surface area contributed by atoms with Gasteiger partial charge in [0, 0.05) is 22.8 Å². The van der Waals surface area contributed by atoms with E-state index in [2.05, 4.69) is 4.98 Å². The third-order valence-electron chi connectivity index (χ3n) is 2.81. The summed E-state index contributed by atoms with van der Waals surface area (Å²) in [6, 6.07) is 4.82. The second kappa shape index (κ2) is 4.80. The van der Waals surface area contributed by atoms with Crippen LogP contribution in [0.5, 0.6) is 5.75 Å². The molecule has 4 heteroatoms. The molecule has 0 bridgehead atoms. The molecule has 0 radical (unpaired) electrons. The van der Waals surface area contributed by atoms with Crippen molar-refractivity contribution in [2.24, 2.45) is 0 Å². The number of ether oxygens (including phenoxy) is 1. The first-order valence-electron chi connectivity index (χ1n) is 6.05. The fourth-order valence-electron chi connectivity index (χ4n) is 1.84. The van der Waals surface area contributed by atoms with E-state index in [1.165, 1.54) is 6.07 Å². The van der Waals surface area contributed by atoms with E-state index in [0.717, 1.165) is 11.1 Å². The minimum Gasteiger partial charge on any atom is -0.491 e. The van der Waals surface area contributed by atoms with Crippen LogP contribution in [0.2, 0.25) is 0 Å². The summed E-state index contributed by atoms with van der Waals surface area (Å²) >= 11 is 0. The number of nitrogens with zero attached hydrogens (tertiary/aromatic N) is 1. The third kappa shape index (κ3) is 2.23. The standard InChI is InChI=1S/C14H17FN2O/c1-4-18-14-5-9-11(16)7-12(8(2)3)17-13(9)6-10(14)15/h5-8H,4H2,1-3H3,(H2,16,17). The van der Waals surface area contributed by atoms with E-state index >= 15 is 0 Å². The van der Waals surface area contributed by atoms with Gasteiger partial charge >= 0.3 is 0 Å². The van der Waals surface area contributed by atoms with Gasteiger partial charge in [-0.25, -0.2) is 4.39 Å². The number of halogens is 1. The van der Waals surface area contributed by atoms with Crippen LogP contribution < -0.4 is 10.5 Å². The van der Waals surface area contributed by atoms with Crippen molar-refractivity contribution in [3.63, 3.8) is 0 Å². The first-order chi connectivity index (χ1) is 8.52. The zero-order chi connectivity index (χ0) is 13.3. The number of anilines is 1. The van der Waals surface area contributed by atoms with Crippen LogP contribution in [0.1, 0.15) is 32.4 Å². The van der Waals surface area contributed by atoms with Gasteiger partial charge in [-0.15, -0.1) is 0 Å². The van der Waals surface area contributed by atoms with Gasteiger partial charge in [-0.1, -0.05) is 13.8 Å². The van der Waals surface area contributed by atoms with Crippen molar-refractivity contribution in [3.8, 4) is 5.75 Å². The normalized spacial score (nSPS) is 11.2. The van der Waals surface area contributed by atoms with Crippen LogP contribution >= 0.6 is 0 Å². The number of rotatable bonds is 3. The van der Waals surface area contributed by atoms with E-state index in [4.69, 9.17) is 10.5 Å². The molecule has 3 nitrogen and oxygen atoms in total. The van der Waals surface area contributed by atoms with E-state index in [1.807, 2.05) is 26.8 Å². The molecule has 0 atom stereocenters. The molecule has 1 aromatic heterocycles. The molecule has 0 aliphatic carbocycles. The average Bonchev–Trinajstić information content (AvgIpc) is 2.30. The maximum atomic E-state index is 13.8. The lowest BCUT2D eigenvalue weighted by Gasteiger charge is -2.11. The Balaban J connectivity index is 2.65. The number of benzene rings is 1. The molecular weight excluding hydrogens is 231 g/mol. The van der Waals surface area contributed by atoms with E-state index in [0.29, 0.717) is 17.8 Å². The zero-order valence-electron chi connectivity index (χ0n) is 10.8. The van der Waals surface area contributed by atoms with Crippen LogP contribution in [0.25, 0.3) is 10.9 Å². The minimum atomic E-state index is -0.405. The van der Waals surface area contributed by atoms with Crippen molar-refractivity contribution in [3.05, 3.63) is 29.7 Å². The maximum Gasteiger partial charge on any atom is 0.167 e. The molecular formula is C14H17FN2O. The van der Waals surface area contributed by atoms with Gasteiger partial charge < -0.3 is 10.5 Å². The van der Waals surface area contributed by atoms with Gasteiger partial charge in [-0.05, 0) is 25.0 Å². The van der Waals surface area contributed by atoms with Gasteiger partial charge in [0.2, 0.25) is 0 Å². The molecule has 1 aromatic carbocycles. The highest BCUT2D eigenvalue weighted by atomic mass is 19.1. The van der Waals surface area contributed by atoms with Gasteiger partial charge in [-0.3, -0.25) is 4.98 Å². The van der Waals surface area contributed by atoms with Gasteiger partial charge in [-0.2, -0.15) is 0 Å². The number of hydrogen-bond acceptors (Lipinski definition) is 3. The Labute approximate surface area is 106 Å². The summed E-state index contributed by atoms with van der Waals surface area (Å²) in [7, 11) is 0. The van der Waals surface area contributed by atoms with Crippen molar-refractivity contribution in [2.45, 2.75) is 26.7 Å². The van der Waals surface area contributed by atoms with Crippen molar-refractivity contribution in [2.75, 3.05) is 12.3 Å². The number of nitrogen functional groups attached to an aromatic ring is 1. The number of aromatic nitrogens is 1. The van der Waals surface area contributed by atoms with Crippen LogP contribution in [0.15, 0.2) is 18.2 Å². The third-order valence-corrected chi connectivity index (χ3v) is 2.81. The second-order valence-corrected chi connectivity index (χ2v) is 4.52. The van der Waals surface area contributed by atoms with Crippen LogP contribution in [-0.2, 0) is 0 Å². The van der Waals surface area contributed by atoms with E-state index in [-0.39, 0.29) is 11.7 Å². The fourth-order valence-corrected chi connectivity index (χ4v) is 1.84. The molecule has 0 spiro atoms. The molecule has 0 amide bonds. The molecule has 96 valence electrons. The monoisotopic (exact) mass is 248 g/mol. The van der Waals surface area contributed by atoms with Crippen LogP contribution in [0.4, 0.5) is 10.1 Å². The highest BCUT2D eigenvalue weighted by Gasteiger charge is 2.11. The van der Waals surface area contributed by atoms with Crippen LogP contribution in [0.3, 0.4) is 0 Å². The number of fused-ring (bicyclic) bond motifs is 1. The number of nitrogens with two attached hydrogens (primary N) is 1. The van der Waals surface area contributed by atoms with Gasteiger partial charge in [0.15, 0.2) is 11.6 Å².